The van der Waals surface area contributed by atoms with Crippen molar-refractivity contribution >= 4 is 6.03 Å². The van der Waals surface area contributed by atoms with Gasteiger partial charge in [0.15, 0.2) is 0 Å². The quantitative estimate of drug-likeness (QED) is 0.810. The second-order valence-electron chi connectivity index (χ2n) is 6.19. The molecule has 2 N–H and O–H groups in total. The fraction of sp³-hybridized carbons (Fsp3) is 0.588. The van der Waals surface area contributed by atoms with E-state index in [9.17, 15) is 13.6 Å². The van der Waals surface area contributed by atoms with E-state index in [0.29, 0.717) is 12.6 Å². The number of carbonyl (C=O) groups is 1. The van der Waals surface area contributed by atoms with Crippen LogP contribution in [-0.4, -0.2) is 31.9 Å². The summed E-state index contributed by atoms with van der Waals surface area (Å²) >= 11 is 0. The number of amides is 2. The van der Waals surface area contributed by atoms with Crippen molar-refractivity contribution < 1.29 is 23.0 Å². The zero-order valence-corrected chi connectivity index (χ0v) is 13.4. The highest BCUT2D eigenvalue weighted by molar-refractivity contribution is 5.74. The average Bonchev–Trinajstić information content (AvgIpc) is 2.95. The molecule has 7 heteroatoms. The third-order valence-electron chi connectivity index (χ3n) is 4.38. The molecule has 1 aromatic rings. The van der Waals surface area contributed by atoms with E-state index in [1.165, 1.54) is 6.42 Å². The maximum absolute atomic E-state index is 13.9. The number of halogens is 2. The van der Waals surface area contributed by atoms with Crippen molar-refractivity contribution in [1.29, 1.82) is 0 Å². The molecule has 24 heavy (non-hydrogen) atoms. The van der Waals surface area contributed by atoms with Crippen LogP contribution in [0.15, 0.2) is 12.1 Å². The van der Waals surface area contributed by atoms with Crippen LogP contribution < -0.4 is 15.4 Å². The van der Waals surface area contributed by atoms with Crippen molar-refractivity contribution in [3.63, 3.8) is 0 Å². The molecule has 1 aromatic carbocycles. The van der Waals surface area contributed by atoms with Crippen LogP contribution in [-0.2, 0) is 4.74 Å². The Morgan fingerprint density at radius 2 is 2.17 bits per heavy atom. The van der Waals surface area contributed by atoms with Gasteiger partial charge in [-0.05, 0) is 32.1 Å². The smallest absolute Gasteiger partial charge is 0.315 e. The zero-order chi connectivity index (χ0) is 16.9. The van der Waals surface area contributed by atoms with Crippen LogP contribution in [0.4, 0.5) is 13.6 Å². The van der Waals surface area contributed by atoms with Gasteiger partial charge >= 0.3 is 6.03 Å². The molecule has 2 aliphatic rings. The summed E-state index contributed by atoms with van der Waals surface area (Å²) in [6.07, 6.45) is 5.45. The number of hydrogen-bond acceptors (Lipinski definition) is 3. The number of fused-ring (bicyclic) bond motifs is 1. The molecule has 2 amide bonds. The van der Waals surface area contributed by atoms with Gasteiger partial charge < -0.3 is 20.1 Å². The van der Waals surface area contributed by atoms with Gasteiger partial charge in [0.1, 0.15) is 24.0 Å². The fourth-order valence-electron chi connectivity index (χ4n) is 3.17. The van der Waals surface area contributed by atoms with Gasteiger partial charge in [0.2, 0.25) is 0 Å². The molecule has 5 nitrogen and oxygen atoms in total. The Balaban J connectivity index is 1.42. The van der Waals surface area contributed by atoms with E-state index < -0.39 is 17.7 Å². The number of ether oxygens (including phenoxy) is 2. The lowest BCUT2D eigenvalue weighted by Crippen LogP contribution is -2.39. The lowest BCUT2D eigenvalue weighted by molar-refractivity contribution is 0.0103. The van der Waals surface area contributed by atoms with E-state index in [-0.39, 0.29) is 24.0 Å². The predicted octanol–water partition coefficient (Wildman–Crippen LogP) is 3.05. The predicted molar refractivity (Wildman–Crippen MR) is 84.0 cm³/mol. The van der Waals surface area contributed by atoms with Crippen molar-refractivity contribution in [2.75, 3.05) is 19.8 Å². The van der Waals surface area contributed by atoms with Crippen molar-refractivity contribution in [2.45, 2.75) is 44.2 Å². The highest BCUT2D eigenvalue weighted by Crippen LogP contribution is 2.35. The van der Waals surface area contributed by atoms with E-state index in [2.05, 4.69) is 10.6 Å². The van der Waals surface area contributed by atoms with Crippen molar-refractivity contribution in [3.05, 3.63) is 29.3 Å². The topological polar surface area (TPSA) is 59.6 Å². The molecule has 2 atom stereocenters. The molecule has 0 saturated carbocycles. The summed E-state index contributed by atoms with van der Waals surface area (Å²) in [6, 6.07) is 0.930. The molecule has 0 aromatic heterocycles. The Hall–Kier alpha value is -1.89. The van der Waals surface area contributed by atoms with Crippen molar-refractivity contribution in [1.82, 2.24) is 10.6 Å². The van der Waals surface area contributed by atoms with E-state index >= 15 is 0 Å². The van der Waals surface area contributed by atoms with E-state index in [0.717, 1.165) is 44.4 Å². The Morgan fingerprint density at radius 1 is 1.29 bits per heavy atom. The molecule has 132 valence electrons. The number of carbonyl (C=O) groups excluding carboxylic acids is 1. The Labute approximate surface area is 139 Å². The van der Waals surface area contributed by atoms with Crippen LogP contribution in [0.25, 0.3) is 0 Å². The molecule has 0 bridgehead atoms. The summed E-state index contributed by atoms with van der Waals surface area (Å²) in [5.74, 6) is -1.25. The number of benzene rings is 1. The maximum atomic E-state index is 13.9. The molecule has 3 rings (SSSR count). The summed E-state index contributed by atoms with van der Waals surface area (Å²) in [7, 11) is 0. The minimum atomic E-state index is -0.706. The largest absolute Gasteiger partial charge is 0.490 e. The second kappa shape index (κ2) is 7.79. The lowest BCUT2D eigenvalue weighted by atomic mass is 10.0. The van der Waals surface area contributed by atoms with E-state index in [1.807, 2.05) is 0 Å². The second-order valence-corrected chi connectivity index (χ2v) is 6.19. The molecule has 2 heterocycles. The first-order valence-electron chi connectivity index (χ1n) is 8.41. The molecular weight excluding hydrogens is 318 g/mol. The summed E-state index contributed by atoms with van der Waals surface area (Å²) in [4.78, 5) is 11.9. The van der Waals surface area contributed by atoms with Gasteiger partial charge in [-0.1, -0.05) is 0 Å². The third-order valence-corrected chi connectivity index (χ3v) is 4.38. The Bertz CT molecular complexity index is 591. The molecule has 2 aliphatic heterocycles. The lowest BCUT2D eigenvalue weighted by Gasteiger charge is -2.22. The van der Waals surface area contributed by atoms with Crippen LogP contribution >= 0.6 is 0 Å². The summed E-state index contributed by atoms with van der Waals surface area (Å²) in [5.41, 5.74) is 0.196. The van der Waals surface area contributed by atoms with Gasteiger partial charge in [-0.3, -0.25) is 0 Å². The van der Waals surface area contributed by atoms with Gasteiger partial charge in [0.05, 0.1) is 17.7 Å². The van der Waals surface area contributed by atoms with E-state index in [4.69, 9.17) is 9.47 Å². The SMILES string of the molecule is O=C(NCCC[C@@H]1CCCCO1)N[C@H]1COc2cc(F)cc(F)c21. The highest BCUT2D eigenvalue weighted by atomic mass is 19.1. The monoisotopic (exact) mass is 340 g/mol. The number of urea groups is 1. The first-order chi connectivity index (χ1) is 11.6. The van der Waals surface area contributed by atoms with Gasteiger partial charge in [-0.2, -0.15) is 0 Å². The van der Waals surface area contributed by atoms with E-state index in [1.54, 1.807) is 0 Å². The number of rotatable bonds is 5. The Kier molecular flexibility index (Phi) is 5.50. The fourth-order valence-corrected chi connectivity index (χ4v) is 3.17. The Morgan fingerprint density at radius 3 is 2.96 bits per heavy atom. The third kappa shape index (κ3) is 4.14. The molecule has 0 unspecified atom stereocenters. The van der Waals surface area contributed by atoms with Crippen LogP contribution in [0.1, 0.15) is 43.7 Å². The standard InChI is InChI=1S/C17H22F2N2O3/c18-11-8-13(19)16-14(10-24-15(16)9-11)21-17(22)20-6-3-5-12-4-1-2-7-23-12/h8-9,12,14H,1-7,10H2,(H2,20,21,22)/t12-,14-/m0/s1. The van der Waals surface area contributed by atoms with Crippen molar-refractivity contribution in [2.24, 2.45) is 0 Å². The van der Waals surface area contributed by atoms with Gasteiger partial charge in [-0.15, -0.1) is 0 Å². The molecule has 0 spiro atoms. The average molecular weight is 340 g/mol. The number of hydrogen-bond donors (Lipinski definition) is 2. The van der Waals surface area contributed by atoms with Crippen LogP contribution in [0.3, 0.4) is 0 Å². The summed E-state index contributed by atoms with van der Waals surface area (Å²) in [6.45, 7) is 1.45. The minimum Gasteiger partial charge on any atom is -0.490 e. The van der Waals surface area contributed by atoms with Crippen LogP contribution in [0.5, 0.6) is 5.75 Å². The molecule has 0 aliphatic carbocycles. The molecule has 1 fully saturated rings. The minimum absolute atomic E-state index is 0.0963. The maximum Gasteiger partial charge on any atom is 0.315 e. The number of nitrogens with one attached hydrogen (secondary N) is 2. The molecule has 0 radical (unpaired) electrons. The van der Waals surface area contributed by atoms with Gasteiger partial charge in [0, 0.05) is 25.3 Å². The summed E-state index contributed by atoms with van der Waals surface area (Å²) < 4.78 is 37.9. The van der Waals surface area contributed by atoms with Crippen LogP contribution in [0.2, 0.25) is 0 Å². The zero-order valence-electron chi connectivity index (χ0n) is 13.4. The molecular formula is C17H22F2N2O3. The first kappa shape index (κ1) is 17.0. The highest BCUT2D eigenvalue weighted by Gasteiger charge is 2.29. The van der Waals surface area contributed by atoms with Crippen LogP contribution in [0, 0.1) is 11.6 Å². The molecule has 1 saturated heterocycles. The van der Waals surface area contributed by atoms with Gasteiger partial charge in [-0.25, -0.2) is 13.6 Å². The summed E-state index contributed by atoms with van der Waals surface area (Å²) in [5, 5.41) is 5.42. The van der Waals surface area contributed by atoms with Crippen molar-refractivity contribution in [3.8, 4) is 5.75 Å². The van der Waals surface area contributed by atoms with Gasteiger partial charge in [0.25, 0.3) is 0 Å². The normalized spacial score (nSPS) is 22.6. The first-order valence-corrected chi connectivity index (χ1v) is 8.41.